The van der Waals surface area contributed by atoms with E-state index in [1.807, 2.05) is 6.92 Å². The van der Waals surface area contributed by atoms with E-state index in [1.54, 1.807) is 4.90 Å². The first kappa shape index (κ1) is 17.0. The Kier molecular flexibility index (Phi) is 5.65. The van der Waals surface area contributed by atoms with Crippen LogP contribution in [0.15, 0.2) is 15.4 Å². The number of carbonyl (C=O) groups is 1. The molecule has 0 aliphatic heterocycles. The molecule has 1 amide bonds. The lowest BCUT2D eigenvalue weighted by molar-refractivity contribution is 0.0707. The molecule has 0 N–H and O–H groups in total. The zero-order valence-corrected chi connectivity index (χ0v) is 13.7. The first-order valence-corrected chi connectivity index (χ1v) is 8.85. The highest BCUT2D eigenvalue weighted by atomic mass is 35.7. The van der Waals surface area contributed by atoms with Gasteiger partial charge in [0.25, 0.3) is 15.0 Å². The van der Waals surface area contributed by atoms with Crippen LogP contribution < -0.4 is 0 Å². The molecule has 0 aromatic carbocycles. The van der Waals surface area contributed by atoms with Crippen LogP contribution in [0, 0.1) is 12.8 Å². The minimum absolute atomic E-state index is 0.00637. The normalized spacial score (nSPS) is 13.2. The Morgan fingerprint density at radius 3 is 2.45 bits per heavy atom. The Morgan fingerprint density at radius 1 is 1.45 bits per heavy atom. The Balaban J connectivity index is 3.02. The second kappa shape index (κ2) is 6.63. The van der Waals surface area contributed by atoms with Crippen LogP contribution in [0.4, 0.5) is 0 Å². The van der Waals surface area contributed by atoms with Gasteiger partial charge < -0.3 is 9.32 Å². The number of nitrogens with zero attached hydrogens (tertiary/aromatic N) is 1. The summed E-state index contributed by atoms with van der Waals surface area (Å²) in [6, 6.07) is 1.19. The quantitative estimate of drug-likeness (QED) is 0.755. The summed E-state index contributed by atoms with van der Waals surface area (Å²) >= 11 is 0. The van der Waals surface area contributed by atoms with Gasteiger partial charge in [0, 0.05) is 29.8 Å². The van der Waals surface area contributed by atoms with Crippen LogP contribution in [0.1, 0.15) is 43.5 Å². The summed E-state index contributed by atoms with van der Waals surface area (Å²) < 4.78 is 27.9. The van der Waals surface area contributed by atoms with Crippen molar-refractivity contribution in [1.82, 2.24) is 4.90 Å². The van der Waals surface area contributed by atoms with Crippen molar-refractivity contribution in [3.05, 3.63) is 17.6 Å². The third-order valence-corrected chi connectivity index (χ3v) is 4.67. The Labute approximate surface area is 124 Å². The van der Waals surface area contributed by atoms with Crippen molar-refractivity contribution in [3.63, 3.8) is 0 Å². The molecule has 0 aliphatic rings. The standard InChI is InChI=1S/C13H20ClNO4S/c1-5-9(3)8-15(6-2)13(16)11-7-12(10(4)19-11)20(14,17)18/h7,9H,5-6,8H2,1-4H3. The number of amides is 1. The molecular weight excluding hydrogens is 302 g/mol. The van der Waals surface area contributed by atoms with Crippen LogP contribution in [0.2, 0.25) is 0 Å². The summed E-state index contributed by atoms with van der Waals surface area (Å²) in [4.78, 5) is 13.8. The third-order valence-electron chi connectivity index (χ3n) is 3.24. The number of rotatable bonds is 6. The van der Waals surface area contributed by atoms with Crippen molar-refractivity contribution in [2.45, 2.75) is 39.0 Å². The lowest BCUT2D eigenvalue weighted by Gasteiger charge is -2.22. The van der Waals surface area contributed by atoms with E-state index in [2.05, 4.69) is 13.8 Å². The summed E-state index contributed by atoms with van der Waals surface area (Å²) in [5.41, 5.74) is 0. The summed E-state index contributed by atoms with van der Waals surface area (Å²) in [6.07, 6.45) is 0.961. The lowest BCUT2D eigenvalue weighted by atomic mass is 10.1. The van der Waals surface area contributed by atoms with E-state index in [4.69, 9.17) is 15.1 Å². The first-order valence-electron chi connectivity index (χ1n) is 6.55. The van der Waals surface area contributed by atoms with Gasteiger partial charge in [-0.2, -0.15) is 0 Å². The molecule has 1 atom stereocenters. The smallest absolute Gasteiger partial charge is 0.289 e. The largest absolute Gasteiger partial charge is 0.455 e. The van der Waals surface area contributed by atoms with Crippen LogP contribution in [-0.2, 0) is 9.05 Å². The van der Waals surface area contributed by atoms with Gasteiger partial charge in [0.05, 0.1) is 0 Å². The molecule has 1 aromatic heterocycles. The van der Waals surface area contributed by atoms with E-state index >= 15 is 0 Å². The summed E-state index contributed by atoms with van der Waals surface area (Å²) in [7, 11) is 1.39. The molecule has 0 radical (unpaired) electrons. The van der Waals surface area contributed by atoms with Crippen LogP contribution in [-0.4, -0.2) is 32.3 Å². The molecule has 0 fully saturated rings. The molecule has 1 unspecified atom stereocenters. The van der Waals surface area contributed by atoms with E-state index in [-0.39, 0.29) is 22.3 Å². The van der Waals surface area contributed by atoms with Gasteiger partial charge in [0.2, 0.25) is 0 Å². The third kappa shape index (κ3) is 3.99. The van der Waals surface area contributed by atoms with Gasteiger partial charge in [-0.1, -0.05) is 20.3 Å². The van der Waals surface area contributed by atoms with Crippen molar-refractivity contribution in [2.24, 2.45) is 5.92 Å². The molecule has 0 saturated heterocycles. The summed E-state index contributed by atoms with van der Waals surface area (Å²) in [5, 5.41) is 0. The highest BCUT2D eigenvalue weighted by Gasteiger charge is 2.25. The van der Waals surface area contributed by atoms with Crippen LogP contribution in [0.5, 0.6) is 0 Å². The van der Waals surface area contributed by atoms with Crippen LogP contribution in [0.25, 0.3) is 0 Å². The maximum absolute atomic E-state index is 12.3. The topological polar surface area (TPSA) is 67.6 Å². The lowest BCUT2D eigenvalue weighted by Crippen LogP contribution is -2.34. The molecule has 5 nitrogen and oxygen atoms in total. The van der Waals surface area contributed by atoms with Crippen molar-refractivity contribution >= 4 is 25.6 Å². The van der Waals surface area contributed by atoms with Gasteiger partial charge >= 0.3 is 0 Å². The van der Waals surface area contributed by atoms with Crippen molar-refractivity contribution in [3.8, 4) is 0 Å². The second-order valence-corrected chi connectivity index (χ2v) is 7.36. The van der Waals surface area contributed by atoms with Gasteiger partial charge in [-0.25, -0.2) is 8.42 Å². The van der Waals surface area contributed by atoms with E-state index in [0.717, 1.165) is 6.42 Å². The van der Waals surface area contributed by atoms with Gasteiger partial charge in [0.1, 0.15) is 10.7 Å². The number of hydrogen-bond acceptors (Lipinski definition) is 4. The maximum atomic E-state index is 12.3. The van der Waals surface area contributed by atoms with Gasteiger partial charge in [0.15, 0.2) is 5.76 Å². The monoisotopic (exact) mass is 321 g/mol. The summed E-state index contributed by atoms with van der Waals surface area (Å²) in [6.45, 7) is 8.59. The predicted molar refractivity (Wildman–Crippen MR) is 77.5 cm³/mol. The van der Waals surface area contributed by atoms with Gasteiger partial charge in [-0.15, -0.1) is 0 Å². The van der Waals surface area contributed by atoms with Crippen molar-refractivity contribution in [2.75, 3.05) is 13.1 Å². The van der Waals surface area contributed by atoms with Crippen molar-refractivity contribution in [1.29, 1.82) is 0 Å². The zero-order valence-electron chi connectivity index (χ0n) is 12.1. The fourth-order valence-corrected chi connectivity index (χ4v) is 2.92. The zero-order chi connectivity index (χ0) is 15.5. The first-order chi connectivity index (χ1) is 9.20. The van der Waals surface area contributed by atoms with E-state index < -0.39 is 9.05 Å². The van der Waals surface area contributed by atoms with Gasteiger partial charge in [-0.05, 0) is 19.8 Å². The molecule has 114 valence electrons. The van der Waals surface area contributed by atoms with Crippen molar-refractivity contribution < 1.29 is 17.6 Å². The molecular formula is C13H20ClNO4S. The number of carbonyl (C=O) groups excluding carboxylic acids is 1. The fraction of sp³-hybridized carbons (Fsp3) is 0.615. The molecule has 1 heterocycles. The SMILES string of the molecule is CCC(C)CN(CC)C(=O)c1cc(S(=O)(=O)Cl)c(C)o1. The Hall–Kier alpha value is -1.01. The number of aryl methyl sites for hydroxylation is 1. The van der Waals surface area contributed by atoms with Gasteiger partial charge in [-0.3, -0.25) is 4.79 Å². The minimum Gasteiger partial charge on any atom is -0.455 e. The predicted octanol–water partition coefficient (Wildman–Crippen LogP) is 3.02. The minimum atomic E-state index is -3.90. The Morgan fingerprint density at radius 2 is 2.05 bits per heavy atom. The van der Waals surface area contributed by atoms with E-state index in [9.17, 15) is 13.2 Å². The highest BCUT2D eigenvalue weighted by Crippen LogP contribution is 2.24. The number of hydrogen-bond donors (Lipinski definition) is 0. The van der Waals surface area contributed by atoms with Crippen LogP contribution in [0.3, 0.4) is 0 Å². The number of furan rings is 1. The maximum Gasteiger partial charge on any atom is 0.289 e. The second-order valence-electron chi connectivity index (χ2n) is 4.83. The molecule has 1 aromatic rings. The molecule has 0 saturated carbocycles. The molecule has 20 heavy (non-hydrogen) atoms. The van der Waals surface area contributed by atoms with E-state index in [1.165, 1.54) is 13.0 Å². The average molecular weight is 322 g/mol. The highest BCUT2D eigenvalue weighted by molar-refractivity contribution is 8.13. The summed E-state index contributed by atoms with van der Waals surface area (Å²) in [5.74, 6) is 0.184. The fourth-order valence-electron chi connectivity index (χ4n) is 1.83. The molecule has 0 spiro atoms. The average Bonchev–Trinajstić information content (AvgIpc) is 2.76. The van der Waals surface area contributed by atoms with Crippen LogP contribution >= 0.6 is 10.7 Å². The Bertz CT molecular complexity index is 579. The molecule has 0 aliphatic carbocycles. The number of halogens is 1. The molecule has 7 heteroatoms. The molecule has 1 rings (SSSR count). The molecule has 0 bridgehead atoms. The van der Waals surface area contributed by atoms with E-state index in [0.29, 0.717) is 19.0 Å².